The van der Waals surface area contributed by atoms with E-state index in [2.05, 4.69) is 22.7 Å². The first-order chi connectivity index (χ1) is 8.71. The molecule has 0 saturated heterocycles. The molecular weight excluding hydrogens is 282 g/mol. The largest absolute Gasteiger partial charge is 0.488 e. The molecule has 102 valence electrons. The van der Waals surface area contributed by atoms with E-state index in [-0.39, 0.29) is 16.1 Å². The van der Waals surface area contributed by atoms with Gasteiger partial charge in [0.2, 0.25) is 0 Å². The van der Waals surface area contributed by atoms with Gasteiger partial charge in [0.25, 0.3) is 0 Å². The van der Waals surface area contributed by atoms with Crippen LogP contribution in [0.5, 0.6) is 0 Å². The van der Waals surface area contributed by atoms with Crippen LogP contribution in [0.1, 0.15) is 11.1 Å². The van der Waals surface area contributed by atoms with Gasteiger partial charge in [-0.3, -0.25) is 5.43 Å². The third kappa shape index (κ3) is 4.50. The average molecular weight is 291 g/mol. The van der Waals surface area contributed by atoms with E-state index in [1.165, 1.54) is 0 Å². The zero-order valence-electron chi connectivity index (χ0n) is 9.35. The van der Waals surface area contributed by atoms with Gasteiger partial charge in [0.1, 0.15) is 0 Å². The number of nitrogens with one attached hydrogen (secondary N) is 1. The highest BCUT2D eigenvalue weighted by molar-refractivity contribution is 7.80. The van der Waals surface area contributed by atoms with Crippen molar-refractivity contribution in [3.8, 4) is 0 Å². The minimum atomic E-state index is -4.66. The minimum Gasteiger partial charge on any atom is -0.423 e. The Morgan fingerprint density at radius 1 is 1.42 bits per heavy atom. The lowest BCUT2D eigenvalue weighted by molar-refractivity contribution is -0.137. The lowest BCUT2D eigenvalue weighted by Gasteiger charge is -2.11. The van der Waals surface area contributed by atoms with E-state index in [0.29, 0.717) is 6.07 Å². The second-order valence-corrected chi connectivity index (χ2v) is 3.89. The number of thiocarbonyl (C=S) groups is 1. The van der Waals surface area contributed by atoms with Gasteiger partial charge in [0, 0.05) is 5.56 Å². The summed E-state index contributed by atoms with van der Waals surface area (Å²) in [6.45, 7) is 0. The fourth-order valence-corrected chi connectivity index (χ4v) is 1.31. The van der Waals surface area contributed by atoms with Crippen molar-refractivity contribution >= 4 is 36.1 Å². The van der Waals surface area contributed by atoms with Gasteiger partial charge in [0.05, 0.1) is 11.8 Å². The Hall–Kier alpha value is -1.65. The van der Waals surface area contributed by atoms with Crippen LogP contribution in [0.4, 0.5) is 13.2 Å². The molecule has 1 aromatic carbocycles. The summed E-state index contributed by atoms with van der Waals surface area (Å²) in [5.41, 5.74) is 5.60. The van der Waals surface area contributed by atoms with Gasteiger partial charge in [-0.15, -0.1) is 0 Å². The van der Waals surface area contributed by atoms with Crippen molar-refractivity contribution in [1.82, 2.24) is 5.43 Å². The summed E-state index contributed by atoms with van der Waals surface area (Å²) in [4.78, 5) is 0. The molecule has 0 aliphatic carbocycles. The normalized spacial score (nSPS) is 11.6. The predicted octanol–water partition coefficient (Wildman–Crippen LogP) is -0.448. The van der Waals surface area contributed by atoms with Crippen LogP contribution in [0.15, 0.2) is 23.3 Å². The van der Waals surface area contributed by atoms with E-state index in [1.54, 1.807) is 0 Å². The molecule has 0 aliphatic rings. The van der Waals surface area contributed by atoms with Crippen LogP contribution in [0.3, 0.4) is 0 Å². The number of rotatable bonds is 3. The van der Waals surface area contributed by atoms with Gasteiger partial charge in [-0.1, -0.05) is 12.1 Å². The van der Waals surface area contributed by atoms with E-state index in [9.17, 15) is 13.2 Å². The quantitative estimate of drug-likeness (QED) is 0.262. The average Bonchev–Trinajstić information content (AvgIpc) is 2.27. The Balaban J connectivity index is 3.17. The Morgan fingerprint density at radius 2 is 2.05 bits per heavy atom. The maximum absolute atomic E-state index is 12.8. The van der Waals surface area contributed by atoms with Crippen molar-refractivity contribution in [2.24, 2.45) is 10.8 Å². The Labute approximate surface area is 112 Å². The SMILES string of the molecule is NC(=S)NN=Cc1ccc(B(O)O)cc1C(F)(F)F. The van der Waals surface area contributed by atoms with Crippen molar-refractivity contribution in [3.63, 3.8) is 0 Å². The third-order valence-electron chi connectivity index (χ3n) is 2.06. The highest BCUT2D eigenvalue weighted by Crippen LogP contribution is 2.30. The number of hydrazone groups is 1. The lowest BCUT2D eigenvalue weighted by atomic mass is 9.79. The van der Waals surface area contributed by atoms with Gasteiger partial charge in [-0.25, -0.2) is 0 Å². The molecule has 19 heavy (non-hydrogen) atoms. The van der Waals surface area contributed by atoms with Gasteiger partial charge >= 0.3 is 13.3 Å². The second-order valence-electron chi connectivity index (χ2n) is 3.45. The Morgan fingerprint density at radius 3 is 2.53 bits per heavy atom. The smallest absolute Gasteiger partial charge is 0.423 e. The van der Waals surface area contributed by atoms with Crippen LogP contribution in [0.2, 0.25) is 0 Å². The van der Waals surface area contributed by atoms with Crippen LogP contribution >= 0.6 is 12.2 Å². The summed E-state index contributed by atoms with van der Waals surface area (Å²) >= 11 is 4.44. The standard InChI is InChI=1S/C9H9BF3N3O2S/c11-9(12,13)7-3-6(10(17)18)2-1-5(7)4-15-16-8(14)19/h1-4,17-18H,(H3,14,16,19). The van der Waals surface area contributed by atoms with Gasteiger partial charge in [-0.05, 0) is 23.7 Å². The molecule has 0 aliphatic heterocycles. The lowest BCUT2D eigenvalue weighted by Crippen LogP contribution is -2.31. The van der Waals surface area contributed by atoms with Crippen LogP contribution < -0.4 is 16.6 Å². The zero-order valence-corrected chi connectivity index (χ0v) is 10.2. The first kappa shape index (κ1) is 15.4. The molecule has 0 heterocycles. The second kappa shape index (κ2) is 6.00. The highest BCUT2D eigenvalue weighted by Gasteiger charge is 2.34. The summed E-state index contributed by atoms with van der Waals surface area (Å²) < 4.78 is 38.3. The van der Waals surface area contributed by atoms with Gasteiger partial charge < -0.3 is 15.8 Å². The number of hydrogen-bond acceptors (Lipinski definition) is 4. The van der Waals surface area contributed by atoms with Crippen molar-refractivity contribution < 1.29 is 23.2 Å². The molecule has 0 atom stereocenters. The number of alkyl halides is 3. The topological polar surface area (TPSA) is 90.9 Å². The summed E-state index contributed by atoms with van der Waals surface area (Å²) in [6.07, 6.45) is -3.77. The maximum Gasteiger partial charge on any atom is 0.488 e. The Kier molecular flexibility index (Phi) is 4.87. The first-order valence-corrected chi connectivity index (χ1v) is 5.28. The first-order valence-electron chi connectivity index (χ1n) is 4.87. The molecule has 10 heteroatoms. The van der Waals surface area contributed by atoms with Crippen LogP contribution in [0, 0.1) is 0 Å². The molecule has 0 spiro atoms. The van der Waals surface area contributed by atoms with E-state index in [0.717, 1.165) is 18.3 Å². The molecule has 0 bridgehead atoms. The van der Waals surface area contributed by atoms with E-state index >= 15 is 0 Å². The van der Waals surface area contributed by atoms with Crippen LogP contribution in [0.25, 0.3) is 0 Å². The number of hydrogen-bond donors (Lipinski definition) is 4. The van der Waals surface area contributed by atoms with Crippen molar-refractivity contribution in [2.75, 3.05) is 0 Å². The number of halogens is 3. The summed E-state index contributed by atoms with van der Waals surface area (Å²) in [6, 6.07) is 2.83. The maximum atomic E-state index is 12.8. The van der Waals surface area contributed by atoms with E-state index in [4.69, 9.17) is 15.8 Å². The number of nitrogens with zero attached hydrogens (tertiary/aromatic N) is 1. The summed E-state index contributed by atoms with van der Waals surface area (Å²) in [7, 11) is -1.98. The zero-order chi connectivity index (χ0) is 14.6. The van der Waals surface area contributed by atoms with Crippen molar-refractivity contribution in [2.45, 2.75) is 6.18 Å². The molecule has 0 saturated carbocycles. The van der Waals surface area contributed by atoms with E-state index < -0.39 is 18.9 Å². The monoisotopic (exact) mass is 291 g/mol. The molecule has 1 rings (SSSR count). The molecule has 5 nitrogen and oxygen atoms in total. The molecule has 1 aromatic rings. The van der Waals surface area contributed by atoms with E-state index in [1.807, 2.05) is 0 Å². The molecule has 0 aromatic heterocycles. The number of benzene rings is 1. The highest BCUT2D eigenvalue weighted by atomic mass is 32.1. The molecular formula is C9H9BF3N3O2S. The van der Waals surface area contributed by atoms with Crippen molar-refractivity contribution in [1.29, 1.82) is 0 Å². The molecule has 0 amide bonds. The molecule has 0 unspecified atom stereocenters. The van der Waals surface area contributed by atoms with Crippen molar-refractivity contribution in [3.05, 3.63) is 29.3 Å². The molecule has 0 radical (unpaired) electrons. The number of nitrogens with two attached hydrogens (primary N) is 1. The predicted molar refractivity (Wildman–Crippen MR) is 68.8 cm³/mol. The third-order valence-corrected chi connectivity index (χ3v) is 2.15. The molecule has 5 N–H and O–H groups in total. The van der Waals surface area contributed by atoms with Gasteiger partial charge in [0.15, 0.2) is 5.11 Å². The fourth-order valence-electron chi connectivity index (χ4n) is 1.26. The fraction of sp³-hybridized carbons (Fsp3) is 0.111. The van der Waals surface area contributed by atoms with Crippen LogP contribution in [-0.2, 0) is 6.18 Å². The molecule has 0 fully saturated rings. The Bertz CT molecular complexity index is 508. The van der Waals surface area contributed by atoms with Gasteiger partial charge in [-0.2, -0.15) is 18.3 Å². The minimum absolute atomic E-state index is 0.188. The summed E-state index contributed by atoms with van der Waals surface area (Å²) in [5.74, 6) is 0. The van der Waals surface area contributed by atoms with Crippen LogP contribution in [-0.4, -0.2) is 28.5 Å². The summed E-state index contributed by atoms with van der Waals surface area (Å²) in [5, 5.41) is 21.0.